The van der Waals surface area contributed by atoms with E-state index in [1.807, 2.05) is 43.4 Å². The van der Waals surface area contributed by atoms with Gasteiger partial charge in [-0.25, -0.2) is 4.39 Å². The summed E-state index contributed by atoms with van der Waals surface area (Å²) in [5, 5.41) is 5.70. The number of likely N-dealkylation sites (N-methyl/N-ethyl adjacent to an activating group) is 1. The zero-order valence-corrected chi connectivity index (χ0v) is 18.8. The second kappa shape index (κ2) is 8.30. The Kier molecular flexibility index (Phi) is 5.31. The number of nitrogens with one attached hydrogen (secondary N) is 1. The molecular formula is C26H24FN5O. The lowest BCUT2D eigenvalue weighted by Crippen LogP contribution is -2.40. The molecule has 1 aliphatic rings. The number of benzene rings is 2. The number of hydrogen-bond donors (Lipinski definition) is 1. The van der Waals surface area contributed by atoms with Crippen molar-refractivity contribution in [3.63, 3.8) is 0 Å². The van der Waals surface area contributed by atoms with Gasteiger partial charge in [0, 0.05) is 41.8 Å². The van der Waals surface area contributed by atoms with Crippen LogP contribution in [0.4, 0.5) is 10.2 Å². The van der Waals surface area contributed by atoms with Crippen LogP contribution in [0.5, 0.6) is 6.01 Å². The van der Waals surface area contributed by atoms with Gasteiger partial charge in [-0.1, -0.05) is 36.3 Å². The number of aromatic nitrogens is 3. The monoisotopic (exact) mass is 441 g/mol. The van der Waals surface area contributed by atoms with Gasteiger partial charge in [0.1, 0.15) is 17.0 Å². The topological polar surface area (TPSA) is 63.2 Å². The fourth-order valence-electron chi connectivity index (χ4n) is 4.76. The molecule has 2 aromatic heterocycles. The van der Waals surface area contributed by atoms with Gasteiger partial charge in [-0.15, -0.1) is 6.42 Å². The quantitative estimate of drug-likeness (QED) is 0.480. The van der Waals surface area contributed by atoms with Crippen LogP contribution in [0.25, 0.3) is 32.9 Å². The second-order valence-electron chi connectivity index (χ2n) is 8.28. The highest BCUT2D eigenvalue weighted by Crippen LogP contribution is 2.36. The minimum absolute atomic E-state index is 0.112. The number of halogens is 1. The van der Waals surface area contributed by atoms with Crippen molar-refractivity contribution in [3.05, 3.63) is 54.0 Å². The van der Waals surface area contributed by atoms with Gasteiger partial charge in [-0.3, -0.25) is 4.98 Å². The van der Waals surface area contributed by atoms with Crippen molar-refractivity contribution in [1.82, 2.24) is 20.3 Å². The summed E-state index contributed by atoms with van der Waals surface area (Å²) < 4.78 is 21.4. The SMILES string of the molecule is C#Cc1cccc2cccc(-c3ncc4c(N(C)C5CCNC5C)nc(OC)nc4c3F)c12. The summed E-state index contributed by atoms with van der Waals surface area (Å²) in [6, 6.07) is 12.0. The van der Waals surface area contributed by atoms with Gasteiger partial charge in [0.2, 0.25) is 0 Å². The van der Waals surface area contributed by atoms with Crippen molar-refractivity contribution in [2.24, 2.45) is 0 Å². The van der Waals surface area contributed by atoms with Crippen molar-refractivity contribution < 1.29 is 9.13 Å². The Labute approximate surface area is 191 Å². The summed E-state index contributed by atoms with van der Waals surface area (Å²) in [6.45, 7) is 3.06. The van der Waals surface area contributed by atoms with Crippen LogP contribution in [-0.4, -0.2) is 47.7 Å². The van der Waals surface area contributed by atoms with E-state index in [1.54, 1.807) is 6.20 Å². The first-order chi connectivity index (χ1) is 16.0. The second-order valence-corrected chi connectivity index (χ2v) is 8.28. The number of anilines is 1. The van der Waals surface area contributed by atoms with Gasteiger partial charge in [-0.2, -0.15) is 9.97 Å². The molecule has 0 bridgehead atoms. The van der Waals surface area contributed by atoms with Crippen molar-refractivity contribution in [2.45, 2.75) is 25.4 Å². The Morgan fingerprint density at radius 2 is 2.00 bits per heavy atom. The molecule has 2 atom stereocenters. The first-order valence-corrected chi connectivity index (χ1v) is 10.9. The molecular weight excluding hydrogens is 417 g/mol. The van der Waals surface area contributed by atoms with E-state index in [-0.39, 0.29) is 29.3 Å². The number of fused-ring (bicyclic) bond motifs is 2. The van der Waals surface area contributed by atoms with Crippen LogP contribution >= 0.6 is 0 Å². The first kappa shape index (κ1) is 21.1. The van der Waals surface area contributed by atoms with Crippen LogP contribution in [0.2, 0.25) is 0 Å². The number of terminal acetylenes is 1. The van der Waals surface area contributed by atoms with Crippen LogP contribution in [0.3, 0.4) is 0 Å². The average Bonchev–Trinajstić information content (AvgIpc) is 3.28. The summed E-state index contributed by atoms with van der Waals surface area (Å²) in [7, 11) is 3.44. The summed E-state index contributed by atoms with van der Waals surface area (Å²) in [6.07, 6.45) is 8.35. The van der Waals surface area contributed by atoms with Gasteiger partial charge in [-0.05, 0) is 31.3 Å². The van der Waals surface area contributed by atoms with E-state index in [2.05, 4.69) is 38.0 Å². The van der Waals surface area contributed by atoms with E-state index in [0.717, 1.165) is 23.7 Å². The Morgan fingerprint density at radius 3 is 2.70 bits per heavy atom. The van der Waals surface area contributed by atoms with Gasteiger partial charge in [0.15, 0.2) is 5.82 Å². The lowest BCUT2D eigenvalue weighted by Gasteiger charge is -2.29. The molecule has 0 amide bonds. The molecule has 4 aromatic rings. The van der Waals surface area contributed by atoms with Crippen molar-refractivity contribution >= 4 is 27.5 Å². The summed E-state index contributed by atoms with van der Waals surface area (Å²) in [5.41, 5.74) is 1.68. The number of ether oxygens (including phenoxy) is 1. The van der Waals surface area contributed by atoms with E-state index in [9.17, 15) is 0 Å². The highest BCUT2D eigenvalue weighted by atomic mass is 19.1. The molecule has 2 aromatic carbocycles. The molecule has 0 aliphatic carbocycles. The Balaban J connectivity index is 1.75. The van der Waals surface area contributed by atoms with Gasteiger partial charge < -0.3 is 15.0 Å². The lowest BCUT2D eigenvalue weighted by atomic mass is 9.97. The Bertz CT molecular complexity index is 1410. The molecule has 1 aliphatic heterocycles. The van der Waals surface area contributed by atoms with E-state index in [0.29, 0.717) is 22.3 Å². The zero-order chi connectivity index (χ0) is 23.1. The Hall–Kier alpha value is -3.76. The van der Waals surface area contributed by atoms with Crippen molar-refractivity contribution in [1.29, 1.82) is 0 Å². The van der Waals surface area contributed by atoms with Crippen LogP contribution in [-0.2, 0) is 0 Å². The third-order valence-corrected chi connectivity index (χ3v) is 6.46. The summed E-state index contributed by atoms with van der Waals surface area (Å²) in [4.78, 5) is 15.5. The predicted octanol–water partition coefficient (Wildman–Crippen LogP) is 4.16. The molecule has 6 nitrogen and oxygen atoms in total. The van der Waals surface area contributed by atoms with Crippen LogP contribution in [0.15, 0.2) is 42.6 Å². The Morgan fingerprint density at radius 1 is 1.21 bits per heavy atom. The normalized spacial score (nSPS) is 17.9. The summed E-state index contributed by atoms with van der Waals surface area (Å²) >= 11 is 0. The van der Waals surface area contributed by atoms with E-state index in [4.69, 9.17) is 11.2 Å². The molecule has 1 N–H and O–H groups in total. The molecule has 166 valence electrons. The number of pyridine rings is 1. The fraction of sp³-hybridized carbons (Fsp3) is 0.269. The zero-order valence-electron chi connectivity index (χ0n) is 18.8. The number of methoxy groups -OCH3 is 1. The average molecular weight is 442 g/mol. The standard InChI is InChI=1S/C26H24FN5O/c1-5-16-8-6-9-17-10-7-11-18(21(16)17)23-22(27)24-19(14-29-23)25(31-26(30-24)33-4)32(3)20-12-13-28-15(20)2/h1,6-11,14-15,20,28H,12-13H2,2-4H3. The predicted molar refractivity (Wildman–Crippen MR) is 129 cm³/mol. The van der Waals surface area contributed by atoms with Gasteiger partial charge in [0.25, 0.3) is 0 Å². The maximum absolute atomic E-state index is 16.0. The minimum Gasteiger partial charge on any atom is -0.467 e. The van der Waals surface area contributed by atoms with Crippen molar-refractivity contribution in [2.75, 3.05) is 25.6 Å². The largest absolute Gasteiger partial charge is 0.467 e. The maximum atomic E-state index is 16.0. The third kappa shape index (κ3) is 3.43. The molecule has 0 radical (unpaired) electrons. The van der Waals surface area contributed by atoms with Crippen LogP contribution in [0.1, 0.15) is 18.9 Å². The smallest absolute Gasteiger partial charge is 0.318 e. The number of hydrogen-bond acceptors (Lipinski definition) is 6. The molecule has 0 spiro atoms. The third-order valence-electron chi connectivity index (χ3n) is 6.46. The lowest BCUT2D eigenvalue weighted by molar-refractivity contribution is 0.381. The van der Waals surface area contributed by atoms with Crippen molar-refractivity contribution in [3.8, 4) is 29.6 Å². The maximum Gasteiger partial charge on any atom is 0.318 e. The number of nitrogens with zero attached hydrogens (tertiary/aromatic N) is 4. The number of rotatable bonds is 4. The molecule has 1 saturated heterocycles. The highest BCUT2D eigenvalue weighted by Gasteiger charge is 2.30. The fourth-order valence-corrected chi connectivity index (χ4v) is 4.76. The molecule has 0 saturated carbocycles. The van der Waals surface area contributed by atoms with Crippen LogP contribution < -0.4 is 15.0 Å². The minimum atomic E-state index is -0.528. The van der Waals surface area contributed by atoms with E-state index in [1.165, 1.54) is 7.11 Å². The van der Waals surface area contributed by atoms with E-state index < -0.39 is 5.82 Å². The molecule has 2 unspecified atom stereocenters. The van der Waals surface area contributed by atoms with Gasteiger partial charge >= 0.3 is 6.01 Å². The summed E-state index contributed by atoms with van der Waals surface area (Å²) in [5.74, 6) is 2.77. The highest BCUT2D eigenvalue weighted by molar-refractivity contribution is 6.01. The molecule has 33 heavy (non-hydrogen) atoms. The first-order valence-electron chi connectivity index (χ1n) is 10.9. The van der Waals surface area contributed by atoms with E-state index >= 15 is 4.39 Å². The molecule has 7 heteroatoms. The van der Waals surface area contributed by atoms with Crippen LogP contribution in [0, 0.1) is 18.2 Å². The molecule has 1 fully saturated rings. The molecule has 5 rings (SSSR count). The van der Waals surface area contributed by atoms with Gasteiger partial charge in [0.05, 0.1) is 12.5 Å². The molecule has 3 heterocycles.